The predicted octanol–water partition coefficient (Wildman–Crippen LogP) is 2.52. The number of carbonyl (C=O) groups is 5. The topological polar surface area (TPSA) is 131 Å². The van der Waals surface area contributed by atoms with Gasteiger partial charge in [-0.25, -0.2) is 4.79 Å². The third-order valence-corrected chi connectivity index (χ3v) is 8.40. The van der Waals surface area contributed by atoms with Crippen LogP contribution in [0.25, 0.3) is 0 Å². The molecule has 200 valence electrons. The molecule has 11 heteroatoms. The van der Waals surface area contributed by atoms with Crippen LogP contribution in [0.3, 0.4) is 0 Å². The highest BCUT2D eigenvalue weighted by Gasteiger charge is 2.33. The number of Topliss-reactive ketones (excluding diaryl/α,β-unsaturated/α-hetero) is 1. The van der Waals surface area contributed by atoms with E-state index >= 15 is 0 Å². The molecule has 36 heavy (non-hydrogen) atoms. The Kier molecular flexibility index (Phi) is 12.0. The first-order valence-electron chi connectivity index (χ1n) is 12.2. The minimum Gasteiger partial charge on any atom is -0.456 e. The van der Waals surface area contributed by atoms with Gasteiger partial charge < -0.3 is 20.7 Å². The van der Waals surface area contributed by atoms with E-state index in [0.717, 1.165) is 5.75 Å². The number of carbonyl (C=O) groups excluding carboxylic acids is 5. The highest BCUT2D eigenvalue weighted by molar-refractivity contribution is 8.76. The molecule has 4 atom stereocenters. The summed E-state index contributed by atoms with van der Waals surface area (Å²) in [7, 11) is 2.98. The zero-order valence-corrected chi connectivity index (χ0v) is 23.1. The van der Waals surface area contributed by atoms with Gasteiger partial charge in [-0.3, -0.25) is 19.2 Å². The lowest BCUT2D eigenvalue weighted by Gasteiger charge is -2.27. The molecule has 0 aliphatic carbocycles. The molecule has 3 amide bonds. The molecule has 0 aromatic carbocycles. The summed E-state index contributed by atoms with van der Waals surface area (Å²) in [6.07, 6.45) is 4.75. The number of allylic oxidation sites excluding steroid dienone is 2. The van der Waals surface area contributed by atoms with Gasteiger partial charge in [0.15, 0.2) is 0 Å². The molecule has 0 spiro atoms. The number of hydrogen-bond donors (Lipinski definition) is 3. The highest BCUT2D eigenvalue weighted by atomic mass is 33.1. The number of rotatable bonds is 2. The quantitative estimate of drug-likeness (QED) is 0.211. The van der Waals surface area contributed by atoms with E-state index in [-0.39, 0.29) is 41.9 Å². The number of ether oxygens (including phenoxy) is 1. The second kappa shape index (κ2) is 14.5. The maximum atomic E-state index is 13.2. The highest BCUT2D eigenvalue weighted by Crippen LogP contribution is 2.25. The second-order valence-electron chi connectivity index (χ2n) is 9.54. The van der Waals surface area contributed by atoms with Crippen LogP contribution < -0.4 is 16.0 Å². The number of esters is 1. The summed E-state index contributed by atoms with van der Waals surface area (Å²) in [4.78, 5) is 65.4. The molecular weight excluding hydrogens is 502 g/mol. The molecule has 0 saturated carbocycles. The Labute approximate surface area is 220 Å². The number of hydrogen-bond acceptors (Lipinski definition) is 8. The lowest BCUT2D eigenvalue weighted by atomic mass is 9.88. The fourth-order valence-electron chi connectivity index (χ4n) is 3.75. The van der Waals surface area contributed by atoms with Crippen molar-refractivity contribution in [1.82, 2.24) is 16.0 Å². The van der Waals surface area contributed by atoms with Gasteiger partial charge in [0, 0.05) is 30.3 Å². The number of fused-ring (bicyclic) bond motifs is 7. The van der Waals surface area contributed by atoms with Crippen molar-refractivity contribution in [3.05, 3.63) is 23.9 Å². The fraction of sp³-hybridized carbons (Fsp3) is 0.640. The first-order valence-corrected chi connectivity index (χ1v) is 14.7. The van der Waals surface area contributed by atoms with Gasteiger partial charge in [0.25, 0.3) is 5.91 Å². The van der Waals surface area contributed by atoms with Crippen LogP contribution in [0.2, 0.25) is 0 Å². The van der Waals surface area contributed by atoms with E-state index in [0.29, 0.717) is 6.42 Å². The van der Waals surface area contributed by atoms with Crippen LogP contribution >= 0.6 is 21.6 Å². The van der Waals surface area contributed by atoms with Gasteiger partial charge in [-0.15, -0.1) is 0 Å². The van der Waals surface area contributed by atoms with Crippen LogP contribution in [0.1, 0.15) is 53.9 Å². The van der Waals surface area contributed by atoms with E-state index in [1.165, 1.54) is 16.9 Å². The number of nitrogens with one attached hydrogen (secondary N) is 3. The fourth-order valence-corrected chi connectivity index (χ4v) is 5.91. The van der Waals surface area contributed by atoms with Gasteiger partial charge in [-0.2, -0.15) is 0 Å². The molecule has 9 nitrogen and oxygen atoms in total. The first kappa shape index (κ1) is 30.0. The molecule has 2 aliphatic rings. The van der Waals surface area contributed by atoms with Crippen LogP contribution in [-0.2, 0) is 28.7 Å². The Morgan fingerprint density at radius 1 is 0.972 bits per heavy atom. The molecule has 1 fully saturated rings. The minimum absolute atomic E-state index is 0.0289. The molecule has 0 aromatic rings. The van der Waals surface area contributed by atoms with Gasteiger partial charge in [0.2, 0.25) is 11.8 Å². The Morgan fingerprint density at radius 2 is 1.69 bits per heavy atom. The lowest BCUT2D eigenvalue weighted by molar-refractivity contribution is -0.153. The van der Waals surface area contributed by atoms with Crippen molar-refractivity contribution >= 4 is 51.1 Å². The maximum Gasteiger partial charge on any atom is 0.329 e. The van der Waals surface area contributed by atoms with E-state index in [2.05, 4.69) is 16.0 Å². The Morgan fingerprint density at radius 3 is 2.33 bits per heavy atom. The first-order chi connectivity index (χ1) is 17.0. The van der Waals surface area contributed by atoms with Crippen molar-refractivity contribution in [2.24, 2.45) is 17.8 Å². The molecule has 1 unspecified atom stereocenters. The van der Waals surface area contributed by atoms with Gasteiger partial charge >= 0.3 is 5.97 Å². The molecule has 2 heterocycles. The van der Waals surface area contributed by atoms with Crippen molar-refractivity contribution in [1.29, 1.82) is 0 Å². The zero-order valence-electron chi connectivity index (χ0n) is 21.5. The van der Waals surface area contributed by atoms with Crippen molar-refractivity contribution in [2.45, 2.75) is 72.1 Å². The van der Waals surface area contributed by atoms with E-state index in [4.69, 9.17) is 4.74 Å². The second-order valence-corrected chi connectivity index (χ2v) is 12.2. The molecular formula is C25H37N3O6S2. The van der Waals surface area contributed by atoms with E-state index < -0.39 is 47.8 Å². The summed E-state index contributed by atoms with van der Waals surface area (Å²) in [5.74, 6) is -2.60. The van der Waals surface area contributed by atoms with Crippen molar-refractivity contribution in [2.75, 3.05) is 11.5 Å². The summed E-state index contributed by atoms with van der Waals surface area (Å²) in [6, 6.07) is -1.90. The van der Waals surface area contributed by atoms with Crippen molar-refractivity contribution in [3.8, 4) is 0 Å². The van der Waals surface area contributed by atoms with Gasteiger partial charge in [-0.05, 0) is 31.3 Å². The third kappa shape index (κ3) is 8.99. The van der Waals surface area contributed by atoms with Gasteiger partial charge in [-0.1, -0.05) is 61.4 Å². The number of amides is 3. The van der Waals surface area contributed by atoms with Crippen LogP contribution in [0.15, 0.2) is 23.9 Å². The normalized spacial score (nSPS) is 29.0. The summed E-state index contributed by atoms with van der Waals surface area (Å²) in [5, 5.41) is 8.05. The molecule has 0 radical (unpaired) electrons. The molecule has 1 saturated heterocycles. The Bertz CT molecular complexity index is 902. The number of ketones is 1. The van der Waals surface area contributed by atoms with E-state index in [9.17, 15) is 24.0 Å². The summed E-state index contributed by atoms with van der Waals surface area (Å²) >= 11 is 0. The van der Waals surface area contributed by atoms with Crippen LogP contribution in [0.4, 0.5) is 0 Å². The van der Waals surface area contributed by atoms with Crippen molar-refractivity contribution < 1.29 is 28.7 Å². The average Bonchev–Trinajstić information content (AvgIpc) is 2.81. The average molecular weight is 540 g/mol. The lowest BCUT2D eigenvalue weighted by Crippen LogP contribution is -2.53. The zero-order chi connectivity index (χ0) is 26.8. The SMILES string of the molecule is CC=C1NC(=O)[C@H]2CSSCCC=C[C@H](CC(=O)C[C@H](C(C)C)C(=O)N2)OC(=O)C(C(C)C)NC1=O. The molecule has 0 aromatic heterocycles. The third-order valence-electron chi connectivity index (χ3n) is 5.95. The monoisotopic (exact) mass is 539 g/mol. The molecule has 2 rings (SSSR count). The standard InChI is InChI=1S/C25H37N3O6S2/c1-6-19-23(31)28-21(15(4)5)25(33)34-17-9-7-8-10-35-36-13-20(24(32)26-19)27-22(30)18(14(2)3)12-16(29)11-17/h6-7,9,14-15,17-18,20-21H,8,10-13H2,1-5H3,(H,26,32)(H,27,30)(H,28,31)/t17-,18-,20-,21?/m1/s1. The molecule has 2 aliphatic heterocycles. The molecule has 2 bridgehead atoms. The maximum absolute atomic E-state index is 13.2. The smallest absolute Gasteiger partial charge is 0.329 e. The van der Waals surface area contributed by atoms with Crippen molar-refractivity contribution in [3.63, 3.8) is 0 Å². The van der Waals surface area contributed by atoms with Gasteiger partial charge in [0.1, 0.15) is 29.7 Å². The van der Waals surface area contributed by atoms with Gasteiger partial charge in [0.05, 0.1) is 0 Å². The molecule has 3 N–H and O–H groups in total. The largest absolute Gasteiger partial charge is 0.456 e. The van der Waals surface area contributed by atoms with Crippen LogP contribution in [-0.4, -0.2) is 59.2 Å². The predicted molar refractivity (Wildman–Crippen MR) is 142 cm³/mol. The summed E-state index contributed by atoms with van der Waals surface area (Å²) in [6.45, 7) is 8.82. The summed E-state index contributed by atoms with van der Waals surface area (Å²) < 4.78 is 5.69. The van der Waals surface area contributed by atoms with Crippen LogP contribution in [0.5, 0.6) is 0 Å². The van der Waals surface area contributed by atoms with E-state index in [1.54, 1.807) is 37.6 Å². The van der Waals surface area contributed by atoms with Crippen LogP contribution in [0, 0.1) is 17.8 Å². The minimum atomic E-state index is -0.982. The summed E-state index contributed by atoms with van der Waals surface area (Å²) in [5.41, 5.74) is -0.0289. The Hall–Kier alpha value is -2.27. The van der Waals surface area contributed by atoms with E-state index in [1.807, 2.05) is 19.9 Å². The Balaban J connectivity index is 2.55.